The smallest absolute Gasteiger partial charge is 0.410 e. The number of imide groups is 1. The standard InChI is InChI=1S/C16H17N3O6/c20-13-7-17-15(23)19(13)11-6-12(14(21)22)18(8-11)16(24)25-9-10-4-2-1-3-5-10/h1-5,11-12H,6-9H2,(H,17,23)(H,21,22)/t11-,12-/m0/s1. The van der Waals surface area contributed by atoms with Crippen LogP contribution in [0.3, 0.4) is 0 Å². The molecule has 0 aliphatic carbocycles. The van der Waals surface area contributed by atoms with E-state index < -0.39 is 36.1 Å². The molecular formula is C16H17N3O6. The molecule has 0 aromatic heterocycles. The van der Waals surface area contributed by atoms with Crippen LogP contribution in [-0.2, 0) is 20.9 Å². The number of carbonyl (C=O) groups excluding carboxylic acids is 3. The fraction of sp³-hybridized carbons (Fsp3) is 0.375. The Morgan fingerprint density at radius 1 is 1.24 bits per heavy atom. The number of rotatable bonds is 4. The van der Waals surface area contributed by atoms with Crippen molar-refractivity contribution in [2.45, 2.75) is 25.1 Å². The highest BCUT2D eigenvalue weighted by molar-refractivity contribution is 6.02. The molecule has 2 heterocycles. The first kappa shape index (κ1) is 16.7. The second-order valence-electron chi connectivity index (χ2n) is 5.86. The summed E-state index contributed by atoms with van der Waals surface area (Å²) in [5, 5.41) is 11.7. The molecule has 2 fully saturated rings. The summed E-state index contributed by atoms with van der Waals surface area (Å²) in [7, 11) is 0. The predicted molar refractivity (Wildman–Crippen MR) is 83.4 cm³/mol. The van der Waals surface area contributed by atoms with E-state index in [1.54, 1.807) is 24.3 Å². The SMILES string of the molecule is O=C(O)[C@@H]1C[C@H](N2C(=O)CNC2=O)CN1C(=O)OCc1ccccc1. The number of benzene rings is 1. The van der Waals surface area contributed by atoms with E-state index >= 15 is 0 Å². The molecule has 9 nitrogen and oxygen atoms in total. The van der Waals surface area contributed by atoms with Crippen molar-refractivity contribution in [2.75, 3.05) is 13.1 Å². The van der Waals surface area contributed by atoms with E-state index in [4.69, 9.17) is 4.74 Å². The maximum absolute atomic E-state index is 12.3. The Hall–Kier alpha value is -3.10. The van der Waals surface area contributed by atoms with Crippen LogP contribution in [0.25, 0.3) is 0 Å². The molecule has 1 aromatic rings. The summed E-state index contributed by atoms with van der Waals surface area (Å²) < 4.78 is 5.18. The number of hydrogen-bond acceptors (Lipinski definition) is 5. The Morgan fingerprint density at radius 2 is 1.96 bits per heavy atom. The van der Waals surface area contributed by atoms with Crippen molar-refractivity contribution in [1.29, 1.82) is 0 Å². The van der Waals surface area contributed by atoms with E-state index in [1.807, 2.05) is 6.07 Å². The summed E-state index contributed by atoms with van der Waals surface area (Å²) in [5.74, 6) is -1.63. The summed E-state index contributed by atoms with van der Waals surface area (Å²) in [6.07, 6.45) is -0.805. The number of urea groups is 1. The van der Waals surface area contributed by atoms with Crippen LogP contribution in [0.5, 0.6) is 0 Å². The number of carboxylic acids is 1. The highest BCUT2D eigenvalue weighted by Gasteiger charge is 2.47. The van der Waals surface area contributed by atoms with Gasteiger partial charge in [0.25, 0.3) is 0 Å². The highest BCUT2D eigenvalue weighted by Crippen LogP contribution is 2.25. The molecule has 1 aromatic carbocycles. The lowest BCUT2D eigenvalue weighted by molar-refractivity contribution is -0.141. The third kappa shape index (κ3) is 3.39. The molecule has 2 aliphatic rings. The van der Waals surface area contributed by atoms with Gasteiger partial charge in [-0.05, 0) is 5.56 Å². The van der Waals surface area contributed by atoms with Crippen molar-refractivity contribution in [3.8, 4) is 0 Å². The maximum Gasteiger partial charge on any atom is 0.410 e. The predicted octanol–water partition coefficient (Wildman–Crippen LogP) is 0.403. The number of carboxylic acid groups (broad SMARTS) is 1. The van der Waals surface area contributed by atoms with Gasteiger partial charge in [-0.1, -0.05) is 30.3 Å². The van der Waals surface area contributed by atoms with E-state index in [0.29, 0.717) is 0 Å². The van der Waals surface area contributed by atoms with Crippen LogP contribution in [0.1, 0.15) is 12.0 Å². The van der Waals surface area contributed by atoms with Crippen LogP contribution in [0.15, 0.2) is 30.3 Å². The van der Waals surface area contributed by atoms with Crippen molar-refractivity contribution in [2.24, 2.45) is 0 Å². The quantitative estimate of drug-likeness (QED) is 0.762. The minimum Gasteiger partial charge on any atom is -0.480 e. The third-order valence-corrected chi connectivity index (χ3v) is 4.25. The highest BCUT2D eigenvalue weighted by atomic mass is 16.6. The molecule has 0 spiro atoms. The zero-order valence-electron chi connectivity index (χ0n) is 13.3. The van der Waals surface area contributed by atoms with Gasteiger partial charge in [-0.15, -0.1) is 0 Å². The molecule has 4 amide bonds. The van der Waals surface area contributed by atoms with Crippen molar-refractivity contribution in [3.05, 3.63) is 35.9 Å². The number of hydrogen-bond donors (Lipinski definition) is 2. The average molecular weight is 347 g/mol. The number of nitrogens with zero attached hydrogens (tertiary/aromatic N) is 2. The first-order valence-electron chi connectivity index (χ1n) is 7.77. The van der Waals surface area contributed by atoms with Crippen LogP contribution in [0.4, 0.5) is 9.59 Å². The lowest BCUT2D eigenvalue weighted by atomic mass is 10.1. The number of likely N-dealkylation sites (tertiary alicyclic amines) is 1. The molecule has 2 saturated heterocycles. The Bertz CT molecular complexity index is 691. The Kier molecular flexibility index (Phi) is 4.55. The number of ether oxygens (including phenoxy) is 1. The minimum absolute atomic E-state index is 0.0102. The van der Waals surface area contributed by atoms with Gasteiger partial charge in [-0.25, -0.2) is 14.4 Å². The molecule has 9 heteroatoms. The zero-order chi connectivity index (χ0) is 18.0. The van der Waals surface area contributed by atoms with Gasteiger partial charge in [-0.3, -0.25) is 14.6 Å². The molecule has 0 radical (unpaired) electrons. The van der Waals surface area contributed by atoms with Crippen LogP contribution >= 0.6 is 0 Å². The Balaban J connectivity index is 1.68. The molecule has 25 heavy (non-hydrogen) atoms. The summed E-state index contributed by atoms with van der Waals surface area (Å²) in [5.41, 5.74) is 0.771. The first-order chi connectivity index (χ1) is 12.0. The van der Waals surface area contributed by atoms with Gasteiger partial charge in [0.05, 0.1) is 12.6 Å². The molecule has 2 atom stereocenters. The largest absolute Gasteiger partial charge is 0.480 e. The summed E-state index contributed by atoms with van der Waals surface area (Å²) in [6, 6.07) is 6.59. The lowest BCUT2D eigenvalue weighted by Gasteiger charge is -2.22. The van der Waals surface area contributed by atoms with Crippen LogP contribution in [0.2, 0.25) is 0 Å². The molecule has 3 rings (SSSR count). The topological polar surface area (TPSA) is 116 Å². The van der Waals surface area contributed by atoms with E-state index in [1.165, 1.54) is 0 Å². The normalized spacial score (nSPS) is 22.9. The van der Waals surface area contributed by atoms with Crippen molar-refractivity contribution < 1.29 is 29.0 Å². The van der Waals surface area contributed by atoms with Gasteiger partial charge < -0.3 is 15.2 Å². The van der Waals surface area contributed by atoms with Gasteiger partial charge in [-0.2, -0.15) is 0 Å². The average Bonchev–Trinajstić information content (AvgIpc) is 3.17. The van der Waals surface area contributed by atoms with Gasteiger partial charge >= 0.3 is 18.1 Å². The van der Waals surface area contributed by atoms with Crippen LogP contribution in [-0.4, -0.2) is 64.1 Å². The monoisotopic (exact) mass is 347 g/mol. The van der Waals surface area contributed by atoms with E-state index in [-0.39, 0.29) is 26.1 Å². The van der Waals surface area contributed by atoms with Crippen LogP contribution < -0.4 is 5.32 Å². The van der Waals surface area contributed by atoms with E-state index in [2.05, 4.69) is 5.32 Å². The second kappa shape index (κ2) is 6.80. The van der Waals surface area contributed by atoms with E-state index in [9.17, 15) is 24.3 Å². The third-order valence-electron chi connectivity index (χ3n) is 4.25. The summed E-state index contributed by atoms with van der Waals surface area (Å²) in [6.45, 7) is -0.175. The second-order valence-corrected chi connectivity index (χ2v) is 5.86. The molecular weight excluding hydrogens is 330 g/mol. The summed E-state index contributed by atoms with van der Waals surface area (Å²) in [4.78, 5) is 49.3. The van der Waals surface area contributed by atoms with E-state index in [0.717, 1.165) is 15.4 Å². The summed E-state index contributed by atoms with van der Waals surface area (Å²) >= 11 is 0. The Labute approximate surface area is 143 Å². The number of carbonyl (C=O) groups is 4. The van der Waals surface area contributed by atoms with Crippen molar-refractivity contribution >= 4 is 24.0 Å². The van der Waals surface area contributed by atoms with Gasteiger partial charge in [0, 0.05) is 13.0 Å². The fourth-order valence-electron chi connectivity index (χ4n) is 3.04. The minimum atomic E-state index is -1.20. The van der Waals surface area contributed by atoms with Crippen molar-refractivity contribution in [3.63, 3.8) is 0 Å². The van der Waals surface area contributed by atoms with Gasteiger partial charge in [0.2, 0.25) is 5.91 Å². The molecule has 0 unspecified atom stereocenters. The van der Waals surface area contributed by atoms with Gasteiger partial charge in [0.15, 0.2) is 0 Å². The molecule has 0 saturated carbocycles. The molecule has 132 valence electrons. The fourth-order valence-corrected chi connectivity index (χ4v) is 3.04. The number of aliphatic carboxylic acids is 1. The lowest BCUT2D eigenvalue weighted by Crippen LogP contribution is -2.43. The Morgan fingerprint density at radius 3 is 2.56 bits per heavy atom. The molecule has 2 N–H and O–H groups in total. The van der Waals surface area contributed by atoms with Gasteiger partial charge in [0.1, 0.15) is 12.6 Å². The maximum atomic E-state index is 12.3. The zero-order valence-corrected chi connectivity index (χ0v) is 13.3. The molecule has 2 aliphatic heterocycles. The first-order valence-corrected chi connectivity index (χ1v) is 7.77. The molecule has 0 bridgehead atoms. The van der Waals surface area contributed by atoms with Crippen molar-refractivity contribution in [1.82, 2.24) is 15.1 Å². The number of amides is 4. The van der Waals surface area contributed by atoms with Crippen LogP contribution in [0, 0.1) is 0 Å². The number of nitrogens with one attached hydrogen (secondary N) is 1.